The van der Waals surface area contributed by atoms with Gasteiger partial charge in [-0.3, -0.25) is 14.4 Å². The molecule has 0 aliphatic carbocycles. The lowest BCUT2D eigenvalue weighted by atomic mass is 10.1. The Morgan fingerprint density at radius 1 is 0.388 bits per heavy atom. The highest BCUT2D eigenvalue weighted by Gasteiger charge is 2.19. The van der Waals surface area contributed by atoms with Crippen molar-refractivity contribution in [3.63, 3.8) is 0 Å². The zero-order valence-corrected chi connectivity index (χ0v) is 32.7. The molecule has 0 radical (unpaired) electrons. The molecule has 0 aliphatic heterocycles. The highest BCUT2D eigenvalue weighted by atomic mass is 16.6. The van der Waals surface area contributed by atoms with Crippen LogP contribution in [0.4, 0.5) is 0 Å². The van der Waals surface area contributed by atoms with E-state index in [9.17, 15) is 14.4 Å². The largest absolute Gasteiger partial charge is 0.462 e. The van der Waals surface area contributed by atoms with Crippen molar-refractivity contribution in [2.24, 2.45) is 0 Å². The molecule has 0 aliphatic rings. The monoisotopic (exact) mass is 693 g/mol. The number of hydrogen-bond acceptors (Lipinski definition) is 6. The maximum absolute atomic E-state index is 12.6. The van der Waals surface area contributed by atoms with Crippen LogP contribution in [0.15, 0.2) is 12.2 Å². The topological polar surface area (TPSA) is 78.9 Å². The molecule has 0 saturated carbocycles. The lowest BCUT2D eigenvalue weighted by molar-refractivity contribution is -0.167. The Labute approximate surface area is 303 Å². The van der Waals surface area contributed by atoms with Gasteiger partial charge >= 0.3 is 17.9 Å². The van der Waals surface area contributed by atoms with Gasteiger partial charge in [-0.1, -0.05) is 174 Å². The third kappa shape index (κ3) is 37.2. The van der Waals surface area contributed by atoms with E-state index in [-0.39, 0.29) is 31.1 Å². The molecule has 6 nitrogen and oxygen atoms in total. The van der Waals surface area contributed by atoms with Crippen LogP contribution in [0.1, 0.15) is 226 Å². The van der Waals surface area contributed by atoms with E-state index < -0.39 is 6.10 Å². The van der Waals surface area contributed by atoms with Gasteiger partial charge in [-0.05, 0) is 44.9 Å². The van der Waals surface area contributed by atoms with Gasteiger partial charge in [-0.2, -0.15) is 0 Å². The second-order valence-corrected chi connectivity index (χ2v) is 14.3. The summed E-state index contributed by atoms with van der Waals surface area (Å²) in [6.45, 7) is 6.55. The first kappa shape index (κ1) is 47.1. The zero-order chi connectivity index (χ0) is 35.9. The molecule has 0 bridgehead atoms. The van der Waals surface area contributed by atoms with E-state index in [1.807, 2.05) is 0 Å². The van der Waals surface area contributed by atoms with Crippen LogP contribution in [0.25, 0.3) is 0 Å². The van der Waals surface area contributed by atoms with Crippen LogP contribution in [0.3, 0.4) is 0 Å². The number of esters is 3. The fourth-order valence-corrected chi connectivity index (χ4v) is 6.02. The van der Waals surface area contributed by atoms with Crippen LogP contribution in [0, 0.1) is 0 Å². The van der Waals surface area contributed by atoms with Gasteiger partial charge in [-0.25, -0.2) is 0 Å². The molecule has 0 saturated heterocycles. The van der Waals surface area contributed by atoms with Crippen molar-refractivity contribution in [2.45, 2.75) is 232 Å². The van der Waals surface area contributed by atoms with Crippen molar-refractivity contribution < 1.29 is 28.6 Å². The summed E-state index contributed by atoms with van der Waals surface area (Å²) in [5.74, 6) is -0.886. The van der Waals surface area contributed by atoms with Crippen LogP contribution in [0.2, 0.25) is 0 Å². The predicted octanol–water partition coefficient (Wildman–Crippen LogP) is 13.1. The zero-order valence-electron chi connectivity index (χ0n) is 32.7. The molecule has 1 atom stereocenters. The van der Waals surface area contributed by atoms with Gasteiger partial charge in [0.25, 0.3) is 0 Å². The SMILES string of the molecule is CCCCCCC/C=C\CCCCCCCC(=O)OCC(COC(=O)CCCCCCCC)OC(=O)CCCCCCCCCCCCC. The Hall–Kier alpha value is -1.85. The lowest BCUT2D eigenvalue weighted by Crippen LogP contribution is -2.30. The number of carbonyl (C=O) groups is 3. The molecule has 288 valence electrons. The highest BCUT2D eigenvalue weighted by molar-refractivity contribution is 5.71. The summed E-state index contributed by atoms with van der Waals surface area (Å²) in [4.78, 5) is 37.4. The van der Waals surface area contributed by atoms with Crippen LogP contribution >= 0.6 is 0 Å². The molecule has 0 amide bonds. The minimum atomic E-state index is -0.762. The Morgan fingerprint density at radius 2 is 0.673 bits per heavy atom. The van der Waals surface area contributed by atoms with E-state index in [0.717, 1.165) is 64.2 Å². The van der Waals surface area contributed by atoms with E-state index >= 15 is 0 Å². The Kier molecular flexibility index (Phi) is 37.5. The van der Waals surface area contributed by atoms with Crippen LogP contribution < -0.4 is 0 Å². The number of rotatable bonds is 38. The summed E-state index contributed by atoms with van der Waals surface area (Å²) in [6, 6.07) is 0. The van der Waals surface area contributed by atoms with E-state index in [0.29, 0.717) is 19.3 Å². The summed E-state index contributed by atoms with van der Waals surface area (Å²) < 4.78 is 16.6. The molecule has 0 fully saturated rings. The fourth-order valence-electron chi connectivity index (χ4n) is 6.02. The van der Waals surface area contributed by atoms with E-state index in [4.69, 9.17) is 14.2 Å². The standard InChI is InChI=1S/C43H80O6/c1-4-7-10-13-16-18-20-21-22-24-25-27-30-33-36-42(45)48-39-40(38-47-41(44)35-32-29-15-12-9-6-3)49-43(46)37-34-31-28-26-23-19-17-14-11-8-5-2/h20-21,40H,4-19,22-39H2,1-3H3/b21-20-. The first-order chi connectivity index (χ1) is 24.0. The van der Waals surface area contributed by atoms with Crippen molar-refractivity contribution in [1.29, 1.82) is 0 Å². The van der Waals surface area contributed by atoms with Crippen molar-refractivity contribution >= 4 is 17.9 Å². The minimum Gasteiger partial charge on any atom is -0.462 e. The average molecular weight is 693 g/mol. The normalized spacial score (nSPS) is 12.0. The van der Waals surface area contributed by atoms with Gasteiger partial charge < -0.3 is 14.2 Å². The number of ether oxygens (including phenoxy) is 3. The second kappa shape index (κ2) is 38.9. The minimum absolute atomic E-state index is 0.0702. The van der Waals surface area contributed by atoms with Gasteiger partial charge in [0.1, 0.15) is 13.2 Å². The quantitative estimate of drug-likeness (QED) is 0.0277. The Bertz CT molecular complexity index is 763. The number of unbranched alkanes of at least 4 members (excludes halogenated alkanes) is 25. The van der Waals surface area contributed by atoms with Crippen molar-refractivity contribution in [2.75, 3.05) is 13.2 Å². The Morgan fingerprint density at radius 3 is 1.02 bits per heavy atom. The maximum atomic E-state index is 12.6. The molecule has 6 heteroatoms. The molecule has 0 heterocycles. The second-order valence-electron chi connectivity index (χ2n) is 14.3. The molecule has 49 heavy (non-hydrogen) atoms. The molecule has 1 unspecified atom stereocenters. The van der Waals surface area contributed by atoms with Gasteiger partial charge in [0.15, 0.2) is 6.10 Å². The number of carbonyl (C=O) groups excluding carboxylic acids is 3. The molecule has 0 aromatic rings. The molecule has 0 spiro atoms. The van der Waals surface area contributed by atoms with E-state index in [1.54, 1.807) is 0 Å². The summed E-state index contributed by atoms with van der Waals surface area (Å²) in [5.41, 5.74) is 0. The van der Waals surface area contributed by atoms with Crippen molar-refractivity contribution in [3.8, 4) is 0 Å². The van der Waals surface area contributed by atoms with E-state index in [1.165, 1.54) is 122 Å². The number of hydrogen-bond donors (Lipinski definition) is 0. The smallest absolute Gasteiger partial charge is 0.306 e. The predicted molar refractivity (Wildman–Crippen MR) is 206 cm³/mol. The summed E-state index contributed by atoms with van der Waals surface area (Å²) >= 11 is 0. The summed E-state index contributed by atoms with van der Waals surface area (Å²) in [6.07, 6.45) is 39.2. The molecule has 0 aromatic heterocycles. The van der Waals surface area contributed by atoms with Crippen LogP contribution in [0.5, 0.6) is 0 Å². The molecule has 0 aromatic carbocycles. The van der Waals surface area contributed by atoms with Crippen molar-refractivity contribution in [1.82, 2.24) is 0 Å². The van der Waals surface area contributed by atoms with Gasteiger partial charge in [0, 0.05) is 19.3 Å². The fraction of sp³-hybridized carbons (Fsp3) is 0.884. The first-order valence-corrected chi connectivity index (χ1v) is 21.2. The lowest BCUT2D eigenvalue weighted by Gasteiger charge is -2.18. The average Bonchev–Trinajstić information content (AvgIpc) is 3.10. The van der Waals surface area contributed by atoms with Crippen molar-refractivity contribution in [3.05, 3.63) is 12.2 Å². The van der Waals surface area contributed by atoms with Gasteiger partial charge in [0.2, 0.25) is 0 Å². The first-order valence-electron chi connectivity index (χ1n) is 21.2. The molecular formula is C43H80O6. The molecule has 0 rings (SSSR count). The highest BCUT2D eigenvalue weighted by Crippen LogP contribution is 2.14. The summed E-state index contributed by atoms with van der Waals surface area (Å²) in [7, 11) is 0. The molecule has 0 N–H and O–H groups in total. The van der Waals surface area contributed by atoms with Crippen LogP contribution in [-0.4, -0.2) is 37.2 Å². The molecular weight excluding hydrogens is 612 g/mol. The summed E-state index contributed by atoms with van der Waals surface area (Å²) in [5, 5.41) is 0. The third-order valence-corrected chi connectivity index (χ3v) is 9.27. The third-order valence-electron chi connectivity index (χ3n) is 9.27. The van der Waals surface area contributed by atoms with Gasteiger partial charge in [-0.15, -0.1) is 0 Å². The number of allylic oxidation sites excluding steroid dienone is 2. The maximum Gasteiger partial charge on any atom is 0.306 e. The Balaban J connectivity index is 4.28. The van der Waals surface area contributed by atoms with E-state index in [2.05, 4.69) is 32.9 Å². The van der Waals surface area contributed by atoms with Gasteiger partial charge in [0.05, 0.1) is 0 Å². The van der Waals surface area contributed by atoms with Crippen LogP contribution in [-0.2, 0) is 28.6 Å².